The minimum absolute atomic E-state index is 0.00151. The average molecular weight is 614 g/mol. The molecule has 2 aliphatic rings. The number of nitrogens with zero attached hydrogens (tertiary/aromatic N) is 3. The van der Waals surface area contributed by atoms with Crippen LogP contribution in [0.5, 0.6) is 0 Å². The maximum Gasteiger partial charge on any atom is 0.410 e. The highest BCUT2D eigenvalue weighted by Gasteiger charge is 2.41. The van der Waals surface area contributed by atoms with Crippen molar-refractivity contribution in [1.82, 2.24) is 14.7 Å². The Kier molecular flexibility index (Phi) is 10.0. The Morgan fingerprint density at radius 3 is 2.24 bits per heavy atom. The summed E-state index contributed by atoms with van der Waals surface area (Å²) in [6.45, 7) is 12.5. The number of amides is 3. The zero-order valence-electron chi connectivity index (χ0n) is 27.3. The number of ether oxygens (including phenoxy) is 2. The summed E-state index contributed by atoms with van der Waals surface area (Å²) >= 11 is 0. The van der Waals surface area contributed by atoms with E-state index in [1.165, 1.54) is 0 Å². The molecule has 0 N–H and O–H groups in total. The van der Waals surface area contributed by atoms with E-state index in [9.17, 15) is 14.4 Å². The highest BCUT2D eigenvalue weighted by Crippen LogP contribution is 2.37. The molecule has 2 saturated heterocycles. The molecule has 3 atom stereocenters. The lowest BCUT2D eigenvalue weighted by Gasteiger charge is -2.35. The molecule has 3 aromatic carbocycles. The van der Waals surface area contributed by atoms with Crippen LogP contribution in [0.25, 0.3) is 10.8 Å². The number of hydrogen-bond donors (Lipinski definition) is 0. The van der Waals surface area contributed by atoms with Crippen molar-refractivity contribution in [3.05, 3.63) is 83.9 Å². The van der Waals surface area contributed by atoms with Crippen LogP contribution in [0, 0.1) is 11.8 Å². The smallest absolute Gasteiger partial charge is 0.410 e. The van der Waals surface area contributed by atoms with Gasteiger partial charge in [-0.1, -0.05) is 72.8 Å². The van der Waals surface area contributed by atoms with Gasteiger partial charge in [-0.2, -0.15) is 0 Å². The summed E-state index contributed by atoms with van der Waals surface area (Å²) < 4.78 is 11.2. The molecule has 45 heavy (non-hydrogen) atoms. The van der Waals surface area contributed by atoms with Gasteiger partial charge in [0.2, 0.25) is 0 Å². The summed E-state index contributed by atoms with van der Waals surface area (Å²) in [7, 11) is 0. The molecule has 2 heterocycles. The first-order valence-corrected chi connectivity index (χ1v) is 16.3. The Balaban J connectivity index is 1.40. The number of hydrogen-bond acceptors (Lipinski definition) is 5. The standard InChI is InChI=1S/C37H47N3O5/c1-6-44-34(41)29-19-21-38(22-20-29)35(42)39-23-30(33(25-39)28-13-8-7-9-14-28)24-40(36(43)45-37(3,4)5)26(2)31-18-12-16-27-15-10-11-17-32(27)31/h7-18,26,29-30,33H,6,19-25H2,1-5H3/t26-,30-,33-/m1/s1. The normalized spacial score (nSPS) is 19.8. The van der Waals surface area contributed by atoms with Gasteiger partial charge in [0.1, 0.15) is 5.60 Å². The fraction of sp³-hybridized carbons (Fsp3) is 0.486. The molecular formula is C37H47N3O5. The van der Waals surface area contributed by atoms with E-state index in [1.807, 2.05) is 78.8 Å². The molecule has 3 amide bonds. The van der Waals surface area contributed by atoms with Gasteiger partial charge in [0.15, 0.2) is 0 Å². The van der Waals surface area contributed by atoms with Crippen molar-refractivity contribution in [2.45, 2.75) is 65.0 Å². The minimum Gasteiger partial charge on any atom is -0.466 e. The first-order valence-electron chi connectivity index (χ1n) is 16.3. The zero-order chi connectivity index (χ0) is 32.1. The van der Waals surface area contributed by atoms with Gasteiger partial charge in [0.25, 0.3) is 0 Å². The lowest BCUT2D eigenvalue weighted by molar-refractivity contribution is -0.149. The number of esters is 1. The number of rotatable bonds is 7. The number of piperidine rings is 1. The third-order valence-electron chi connectivity index (χ3n) is 9.12. The number of fused-ring (bicyclic) bond motifs is 1. The quantitative estimate of drug-likeness (QED) is 0.262. The topological polar surface area (TPSA) is 79.4 Å². The molecule has 0 radical (unpaired) electrons. The number of carbonyl (C=O) groups excluding carboxylic acids is 3. The monoisotopic (exact) mass is 613 g/mol. The van der Waals surface area contributed by atoms with Crippen molar-refractivity contribution in [2.24, 2.45) is 11.8 Å². The predicted octanol–water partition coefficient (Wildman–Crippen LogP) is 7.25. The van der Waals surface area contributed by atoms with Crippen LogP contribution < -0.4 is 0 Å². The Bertz CT molecular complexity index is 1470. The molecule has 0 bridgehead atoms. The molecule has 0 spiro atoms. The molecule has 3 aromatic rings. The Labute approximate surface area is 267 Å². The van der Waals surface area contributed by atoms with Gasteiger partial charge in [-0.05, 0) is 69.4 Å². The third kappa shape index (κ3) is 7.60. The van der Waals surface area contributed by atoms with Crippen LogP contribution in [-0.4, -0.2) is 77.7 Å². The maximum atomic E-state index is 13.9. The summed E-state index contributed by atoms with van der Waals surface area (Å²) in [4.78, 5) is 45.7. The second-order valence-corrected chi connectivity index (χ2v) is 13.4. The van der Waals surface area contributed by atoms with E-state index in [4.69, 9.17) is 9.47 Å². The predicted molar refractivity (Wildman–Crippen MR) is 176 cm³/mol. The van der Waals surface area contributed by atoms with Crippen molar-refractivity contribution < 1.29 is 23.9 Å². The molecule has 0 aromatic heterocycles. The minimum atomic E-state index is -0.653. The molecule has 0 saturated carbocycles. The largest absolute Gasteiger partial charge is 0.466 e. The molecule has 5 rings (SSSR count). The van der Waals surface area contributed by atoms with Gasteiger partial charge >= 0.3 is 18.1 Å². The zero-order valence-corrected chi connectivity index (χ0v) is 27.3. The summed E-state index contributed by atoms with van der Waals surface area (Å²) in [5.41, 5.74) is 1.56. The molecule has 2 aliphatic heterocycles. The van der Waals surface area contributed by atoms with E-state index >= 15 is 0 Å². The lowest BCUT2D eigenvalue weighted by atomic mass is 9.88. The average Bonchev–Trinajstić information content (AvgIpc) is 3.46. The highest BCUT2D eigenvalue weighted by molar-refractivity contribution is 5.86. The first-order chi connectivity index (χ1) is 21.6. The summed E-state index contributed by atoms with van der Waals surface area (Å²) in [6.07, 6.45) is 0.859. The van der Waals surface area contributed by atoms with Crippen LogP contribution in [0.2, 0.25) is 0 Å². The van der Waals surface area contributed by atoms with Crippen molar-refractivity contribution in [3.63, 3.8) is 0 Å². The molecule has 8 heteroatoms. The van der Waals surface area contributed by atoms with Crippen LogP contribution in [-0.2, 0) is 14.3 Å². The lowest BCUT2D eigenvalue weighted by Crippen LogP contribution is -2.47. The van der Waals surface area contributed by atoms with Crippen LogP contribution in [0.15, 0.2) is 72.8 Å². The fourth-order valence-corrected chi connectivity index (χ4v) is 6.80. The van der Waals surface area contributed by atoms with Gasteiger partial charge in [-0.15, -0.1) is 0 Å². The van der Waals surface area contributed by atoms with E-state index in [0.29, 0.717) is 52.2 Å². The van der Waals surface area contributed by atoms with E-state index in [1.54, 1.807) is 0 Å². The fourth-order valence-electron chi connectivity index (χ4n) is 6.80. The van der Waals surface area contributed by atoms with Crippen LogP contribution in [0.4, 0.5) is 9.59 Å². The van der Waals surface area contributed by atoms with Crippen LogP contribution >= 0.6 is 0 Å². The van der Waals surface area contributed by atoms with Crippen molar-refractivity contribution in [2.75, 3.05) is 39.3 Å². The summed E-state index contributed by atoms with van der Waals surface area (Å²) in [6, 6.07) is 24.5. The molecule has 0 aliphatic carbocycles. The second-order valence-electron chi connectivity index (χ2n) is 13.4. The van der Waals surface area contributed by atoms with Gasteiger partial charge in [-0.25, -0.2) is 9.59 Å². The van der Waals surface area contributed by atoms with Gasteiger partial charge in [0, 0.05) is 44.6 Å². The van der Waals surface area contributed by atoms with Gasteiger partial charge in [0.05, 0.1) is 18.6 Å². The van der Waals surface area contributed by atoms with E-state index in [-0.39, 0.29) is 41.9 Å². The van der Waals surface area contributed by atoms with Crippen LogP contribution in [0.3, 0.4) is 0 Å². The molecule has 2 fully saturated rings. The maximum absolute atomic E-state index is 13.9. The Hall–Kier alpha value is -4.07. The van der Waals surface area contributed by atoms with Gasteiger partial charge in [-0.3, -0.25) is 4.79 Å². The number of urea groups is 1. The molecule has 0 unspecified atom stereocenters. The van der Waals surface area contributed by atoms with E-state index in [2.05, 4.69) is 43.3 Å². The number of benzene rings is 3. The number of carbonyl (C=O) groups is 3. The Morgan fingerprint density at radius 1 is 0.889 bits per heavy atom. The van der Waals surface area contributed by atoms with Crippen LogP contribution in [0.1, 0.15) is 70.5 Å². The molecular weight excluding hydrogens is 566 g/mol. The SMILES string of the molecule is CCOC(=O)C1CCN(C(=O)N2C[C@H](CN(C(=O)OC(C)(C)C)[C@H](C)c3cccc4ccccc34)[C@@H](c3ccccc3)C2)CC1. The first kappa shape index (κ1) is 32.3. The van der Waals surface area contributed by atoms with Crippen molar-refractivity contribution in [1.29, 1.82) is 0 Å². The summed E-state index contributed by atoms with van der Waals surface area (Å²) in [5.74, 6) is -0.275. The Morgan fingerprint density at radius 2 is 1.56 bits per heavy atom. The number of likely N-dealkylation sites (tertiary alicyclic amines) is 2. The van der Waals surface area contributed by atoms with E-state index in [0.717, 1.165) is 21.9 Å². The van der Waals surface area contributed by atoms with Crippen molar-refractivity contribution in [3.8, 4) is 0 Å². The second kappa shape index (κ2) is 13.9. The van der Waals surface area contributed by atoms with Crippen molar-refractivity contribution >= 4 is 28.9 Å². The summed E-state index contributed by atoms with van der Waals surface area (Å²) in [5, 5.41) is 2.23. The molecule has 240 valence electrons. The molecule has 8 nitrogen and oxygen atoms in total. The van der Waals surface area contributed by atoms with Gasteiger partial charge < -0.3 is 24.2 Å². The van der Waals surface area contributed by atoms with E-state index < -0.39 is 5.60 Å². The third-order valence-corrected chi connectivity index (χ3v) is 9.12. The highest BCUT2D eigenvalue weighted by atomic mass is 16.6.